The largest absolute Gasteiger partial charge is 0.493 e. The number of carbonyl (C=O) groups excluding carboxylic acids is 9. The van der Waals surface area contributed by atoms with Crippen LogP contribution in [0.15, 0.2) is 73.6 Å². The summed E-state index contributed by atoms with van der Waals surface area (Å²) in [5, 5.41) is 14.8. The van der Waals surface area contributed by atoms with E-state index in [2.05, 4.69) is 28.9 Å². The Labute approximate surface area is 506 Å². The number of pyridine rings is 1. The number of carbonyl (C=O) groups is 9. The molecule has 7 atom stereocenters. The SMILES string of the molecule is C=CCOC(=O)c1cncc(OCCCCCOc2cc3c(cc2OC)C(=O)N2CC(=C)C[C@H]2C(O)N3C(=O)OCc2ccc(O[C@@H]3O[C@H](C(=O)OC)[C@@H](OC(C)=O)[C@H](OC(C)=O)[C@H]3OC(C)=O)c(C(=O)NCCOCCONC(=O)OC(C)(C)C)c2)c1. The van der Waals surface area contributed by atoms with E-state index in [1.165, 1.54) is 66.9 Å². The van der Waals surface area contributed by atoms with E-state index >= 15 is 0 Å². The van der Waals surface area contributed by atoms with Gasteiger partial charge in [0.25, 0.3) is 11.8 Å². The van der Waals surface area contributed by atoms with E-state index in [4.69, 9.17) is 66.4 Å². The number of nitrogens with one attached hydrogen (secondary N) is 2. The first-order valence-corrected chi connectivity index (χ1v) is 27.8. The standard InChI is InChI=1S/C59H73N5O24/c1-11-18-80-54(71)38-26-39(30-60-29-38)78-19-13-12-14-20-79-46-28-42-40(27-45(46)75-9)52(69)63-31-33(2)24-43(63)53(70)64(42)58(74)81-32-37-15-16-44(41(25-37)51(68)61-17-21-77-22-23-82-62-57(73)88-59(6,7)8)86-56-50(85-36(5)67)48(84-35(4)66)47(83-34(3)65)49(87-56)55(72)76-10/h11,15-16,25-30,43,47-50,53,56,70H,1-2,12-14,17-24,31-32H2,3-10H3,(H,61,68)(H,62,73)/t43-,47-,48-,49-,50+,53?,56+/m0/s1. The summed E-state index contributed by atoms with van der Waals surface area (Å²) in [5.41, 5.74) is 1.97. The van der Waals surface area contributed by atoms with Crippen molar-refractivity contribution in [2.24, 2.45) is 0 Å². The van der Waals surface area contributed by atoms with Crippen LogP contribution in [0.3, 0.4) is 0 Å². The fourth-order valence-electron chi connectivity index (χ4n) is 9.17. The molecule has 2 fully saturated rings. The number of aromatic nitrogens is 1. The fourth-order valence-corrected chi connectivity index (χ4v) is 9.17. The van der Waals surface area contributed by atoms with Crippen molar-refractivity contribution in [3.63, 3.8) is 0 Å². The number of hydrogen-bond acceptors (Lipinski definition) is 25. The molecule has 29 heteroatoms. The molecule has 3 N–H and O–H groups in total. The van der Waals surface area contributed by atoms with Crippen LogP contribution in [0.2, 0.25) is 0 Å². The van der Waals surface area contributed by atoms with Crippen LogP contribution in [0.4, 0.5) is 15.3 Å². The van der Waals surface area contributed by atoms with Gasteiger partial charge >= 0.3 is 42.0 Å². The first kappa shape index (κ1) is 68.1. The third-order valence-electron chi connectivity index (χ3n) is 12.9. The normalized spacial score (nSPS) is 19.5. The van der Waals surface area contributed by atoms with Crippen molar-refractivity contribution in [2.75, 3.05) is 71.9 Å². The summed E-state index contributed by atoms with van der Waals surface area (Å²) in [7, 11) is 2.38. The molecule has 88 heavy (non-hydrogen) atoms. The molecule has 0 radical (unpaired) electrons. The van der Waals surface area contributed by atoms with Gasteiger partial charge in [-0.25, -0.2) is 24.1 Å². The minimum atomic E-state index is -1.89. The molecule has 2 saturated heterocycles. The Morgan fingerprint density at radius 1 is 0.818 bits per heavy atom. The number of fused-ring (bicyclic) bond motifs is 2. The molecule has 478 valence electrons. The summed E-state index contributed by atoms with van der Waals surface area (Å²) >= 11 is 0. The lowest BCUT2D eigenvalue weighted by atomic mass is 9.97. The maximum Gasteiger partial charge on any atom is 0.431 e. The van der Waals surface area contributed by atoms with Crippen molar-refractivity contribution < 1.29 is 115 Å². The number of amides is 4. The van der Waals surface area contributed by atoms with Crippen LogP contribution in [0, 0.1) is 0 Å². The predicted octanol–water partition coefficient (Wildman–Crippen LogP) is 4.58. The Hall–Kier alpha value is -9.06. The molecule has 4 amide bonds. The van der Waals surface area contributed by atoms with Crippen LogP contribution in [0.25, 0.3) is 0 Å². The zero-order valence-corrected chi connectivity index (χ0v) is 50.0. The summed E-state index contributed by atoms with van der Waals surface area (Å²) in [6.07, 6.45) is -6.46. The smallest absolute Gasteiger partial charge is 0.431 e. The average molecular weight is 1240 g/mol. The topological polar surface area (TPSA) is 347 Å². The number of aliphatic hydroxyl groups excluding tert-OH is 1. The lowest BCUT2D eigenvalue weighted by molar-refractivity contribution is -0.282. The van der Waals surface area contributed by atoms with E-state index < -0.39 is 109 Å². The Bertz CT molecular complexity index is 3040. The van der Waals surface area contributed by atoms with E-state index in [9.17, 15) is 48.3 Å². The highest BCUT2D eigenvalue weighted by Crippen LogP contribution is 2.42. The Balaban J connectivity index is 1.23. The average Bonchev–Trinajstić information content (AvgIpc) is 1.57. The van der Waals surface area contributed by atoms with Gasteiger partial charge in [-0.3, -0.25) is 33.8 Å². The summed E-state index contributed by atoms with van der Waals surface area (Å²) < 4.78 is 72.7. The number of ether oxygens (including phenoxy) is 13. The van der Waals surface area contributed by atoms with Crippen molar-refractivity contribution in [1.82, 2.24) is 20.7 Å². The van der Waals surface area contributed by atoms with Crippen LogP contribution in [0.1, 0.15) is 104 Å². The molecular weight excluding hydrogens is 1160 g/mol. The van der Waals surface area contributed by atoms with Crippen LogP contribution in [-0.2, 0) is 73.3 Å². The van der Waals surface area contributed by atoms with Crippen LogP contribution < -0.4 is 34.6 Å². The van der Waals surface area contributed by atoms with E-state index in [-0.39, 0.29) is 97.7 Å². The molecule has 0 bridgehead atoms. The number of benzene rings is 2. The van der Waals surface area contributed by atoms with Gasteiger partial charge in [0.15, 0.2) is 36.0 Å². The quantitative estimate of drug-likeness (QED) is 0.0294. The molecule has 3 aliphatic rings. The van der Waals surface area contributed by atoms with Crippen molar-refractivity contribution in [3.05, 3.63) is 95.9 Å². The molecule has 1 unspecified atom stereocenters. The van der Waals surface area contributed by atoms with Crippen LogP contribution in [-0.4, -0.2) is 184 Å². The first-order chi connectivity index (χ1) is 41.9. The summed E-state index contributed by atoms with van der Waals surface area (Å²) in [6.45, 7) is 15.2. The molecule has 29 nitrogen and oxygen atoms in total. The molecule has 0 aliphatic carbocycles. The summed E-state index contributed by atoms with van der Waals surface area (Å²) in [4.78, 5) is 129. The zero-order valence-electron chi connectivity index (χ0n) is 50.0. The second kappa shape index (κ2) is 32.1. The van der Waals surface area contributed by atoms with Crippen LogP contribution >= 0.6 is 0 Å². The van der Waals surface area contributed by atoms with Crippen molar-refractivity contribution in [2.45, 2.75) is 122 Å². The summed E-state index contributed by atoms with van der Waals surface area (Å²) in [5.74, 6) is -5.53. The molecule has 0 spiro atoms. The summed E-state index contributed by atoms with van der Waals surface area (Å²) in [6, 6.07) is 7.26. The molecule has 3 aromatic rings. The fraction of sp³-hybridized carbons (Fsp3) is 0.492. The predicted molar refractivity (Wildman–Crippen MR) is 303 cm³/mol. The van der Waals surface area contributed by atoms with Crippen LogP contribution in [0.5, 0.6) is 23.0 Å². The van der Waals surface area contributed by atoms with Gasteiger partial charge in [0.05, 0.1) is 81.9 Å². The van der Waals surface area contributed by atoms with Gasteiger partial charge in [-0.15, -0.1) is 0 Å². The Morgan fingerprint density at radius 3 is 2.20 bits per heavy atom. The van der Waals surface area contributed by atoms with Gasteiger partial charge in [-0.05, 0) is 76.3 Å². The number of rotatable bonds is 28. The Kier molecular flexibility index (Phi) is 24.8. The Morgan fingerprint density at radius 2 is 1.52 bits per heavy atom. The van der Waals surface area contributed by atoms with Crippen molar-refractivity contribution in [3.8, 4) is 23.0 Å². The number of methoxy groups -OCH3 is 2. The van der Waals surface area contributed by atoms with Gasteiger partial charge in [-0.2, -0.15) is 5.48 Å². The van der Waals surface area contributed by atoms with Gasteiger partial charge < -0.3 is 76.9 Å². The second-order valence-electron chi connectivity index (χ2n) is 20.8. The van der Waals surface area contributed by atoms with Crippen molar-refractivity contribution >= 4 is 59.5 Å². The molecule has 2 aromatic carbocycles. The third-order valence-corrected chi connectivity index (χ3v) is 12.9. The number of unbranched alkanes of at least 4 members (excludes halogenated alkanes) is 2. The molecule has 3 aliphatic heterocycles. The van der Waals surface area contributed by atoms with Crippen molar-refractivity contribution in [1.29, 1.82) is 0 Å². The third kappa shape index (κ3) is 19.0. The van der Waals surface area contributed by atoms with Gasteiger partial charge in [0.1, 0.15) is 30.3 Å². The molecule has 4 heterocycles. The lowest BCUT2D eigenvalue weighted by Crippen LogP contribution is -2.64. The van der Waals surface area contributed by atoms with E-state index in [0.29, 0.717) is 37.2 Å². The number of esters is 5. The van der Waals surface area contributed by atoms with Gasteiger partial charge in [-0.1, -0.05) is 30.9 Å². The molecule has 1 aromatic heterocycles. The number of hydrogen-bond donors (Lipinski definition) is 3. The second-order valence-corrected chi connectivity index (χ2v) is 20.8. The molecule has 6 rings (SSSR count). The highest BCUT2D eigenvalue weighted by atomic mass is 16.7. The minimum Gasteiger partial charge on any atom is -0.493 e. The number of aliphatic hydroxyl groups is 1. The minimum absolute atomic E-state index is 0.0296. The number of anilines is 1. The number of hydroxylamine groups is 1. The number of nitrogens with zero attached hydrogens (tertiary/aromatic N) is 3. The maximum absolute atomic E-state index is 14.6. The van der Waals surface area contributed by atoms with Gasteiger partial charge in [0, 0.05) is 46.1 Å². The lowest BCUT2D eigenvalue weighted by Gasteiger charge is -2.43. The highest BCUT2D eigenvalue weighted by Gasteiger charge is 2.56. The van der Waals surface area contributed by atoms with E-state index in [1.54, 1.807) is 20.8 Å². The van der Waals surface area contributed by atoms with E-state index in [1.807, 2.05) is 0 Å². The molecule has 0 saturated carbocycles. The van der Waals surface area contributed by atoms with Gasteiger partial charge in [0.2, 0.25) is 12.4 Å². The molecular formula is C59H73N5O24. The first-order valence-electron chi connectivity index (χ1n) is 27.8. The zero-order chi connectivity index (χ0) is 64.2. The highest BCUT2D eigenvalue weighted by molar-refractivity contribution is 6.06. The van der Waals surface area contributed by atoms with E-state index in [0.717, 1.165) is 32.8 Å². The maximum atomic E-state index is 14.6. The monoisotopic (exact) mass is 1240 g/mol.